The van der Waals surface area contributed by atoms with Crippen LogP contribution in [0.4, 0.5) is 4.39 Å². The fraction of sp³-hybridized carbons (Fsp3) is 0.852. The molecule has 2 heterocycles. The predicted octanol–water partition coefficient (Wildman–Crippen LogP) is 7.90. The van der Waals surface area contributed by atoms with Gasteiger partial charge in [-0.2, -0.15) is 0 Å². The highest BCUT2D eigenvalue weighted by Gasteiger charge is 2.63. The van der Waals surface area contributed by atoms with E-state index in [1.54, 1.807) is 4.57 Å². The van der Waals surface area contributed by atoms with Crippen molar-refractivity contribution >= 4 is 37.2 Å². The van der Waals surface area contributed by atoms with Crippen molar-refractivity contribution in [2.24, 2.45) is 0 Å². The normalized spacial score (nSPS) is 25.8. The van der Waals surface area contributed by atoms with Crippen molar-refractivity contribution in [3.8, 4) is 0 Å². The fourth-order valence-electron chi connectivity index (χ4n) is 3.47. The van der Waals surface area contributed by atoms with E-state index in [2.05, 4.69) is 107 Å². The lowest BCUT2D eigenvalue weighted by atomic mass is 10.1. The summed E-state index contributed by atoms with van der Waals surface area (Å²) in [5.41, 5.74) is -0.335. The zero-order valence-corrected chi connectivity index (χ0v) is 30.7. The molecule has 1 aromatic rings. The van der Waals surface area contributed by atoms with Crippen LogP contribution in [-0.4, -0.2) is 59.2 Å². The van der Waals surface area contributed by atoms with E-state index < -0.39 is 49.2 Å². The molecule has 226 valence electrons. The topological polar surface area (TPSA) is 74.7 Å². The Labute approximate surface area is 243 Å². The average Bonchev–Trinajstić information content (AvgIpc) is 2.95. The molecule has 1 saturated heterocycles. The van der Waals surface area contributed by atoms with Crippen LogP contribution in [0.15, 0.2) is 17.1 Å². The molecule has 4 atom stereocenters. The number of nitrogens with one attached hydrogen (secondary N) is 1. The van der Waals surface area contributed by atoms with Crippen molar-refractivity contribution in [3.63, 3.8) is 0 Å². The van der Waals surface area contributed by atoms with Gasteiger partial charge in [-0.15, -0.1) is 0 Å². The molecule has 1 aromatic heterocycles. The molecule has 0 bridgehead atoms. The Morgan fingerprint density at radius 2 is 1.38 bits per heavy atom. The Kier molecular flexibility index (Phi) is 9.77. The first-order valence-corrected chi connectivity index (χ1v) is 23.0. The summed E-state index contributed by atoms with van der Waals surface area (Å²) >= 11 is 5.50. The molecule has 0 unspecified atom stereocenters. The van der Waals surface area contributed by atoms with Crippen molar-refractivity contribution in [1.29, 1.82) is 0 Å². The summed E-state index contributed by atoms with van der Waals surface area (Å²) in [6.07, 6.45) is -1.29. The van der Waals surface area contributed by atoms with Crippen LogP contribution in [0.5, 0.6) is 0 Å². The van der Waals surface area contributed by atoms with Crippen molar-refractivity contribution in [2.45, 2.75) is 141 Å². The predicted molar refractivity (Wildman–Crippen MR) is 167 cm³/mol. The molecule has 0 amide bonds. The number of ether oxygens (including phenoxy) is 1. The molecule has 12 heteroatoms. The molecule has 39 heavy (non-hydrogen) atoms. The molecule has 7 nitrogen and oxygen atoms in total. The number of hydrogen-bond donors (Lipinski definition) is 1. The van der Waals surface area contributed by atoms with E-state index in [0.29, 0.717) is 0 Å². The summed E-state index contributed by atoms with van der Waals surface area (Å²) in [4.78, 5) is 14.6. The molecular formula is C27H53FN2O5SSi3. The largest absolute Gasteiger partial charge is 0.411 e. The van der Waals surface area contributed by atoms with E-state index in [9.17, 15) is 4.79 Å². The molecule has 0 aromatic carbocycles. The van der Waals surface area contributed by atoms with Gasteiger partial charge in [0.05, 0.1) is 6.61 Å². The molecule has 0 spiro atoms. The molecule has 1 fully saturated rings. The van der Waals surface area contributed by atoms with E-state index in [0.717, 1.165) is 0 Å². The minimum atomic E-state index is -2.51. The summed E-state index contributed by atoms with van der Waals surface area (Å²) in [5, 5.41) is -0.442. The highest BCUT2D eigenvalue weighted by atomic mass is 32.1. The van der Waals surface area contributed by atoms with Gasteiger partial charge in [0.15, 0.2) is 36.0 Å². The van der Waals surface area contributed by atoms with Crippen molar-refractivity contribution in [1.82, 2.24) is 9.55 Å². The second-order valence-corrected chi connectivity index (χ2v) is 30.2. The van der Waals surface area contributed by atoms with E-state index in [-0.39, 0.29) is 32.1 Å². The number of alkyl halides is 1. The highest BCUT2D eigenvalue weighted by Crippen LogP contribution is 2.50. The first kappa shape index (κ1) is 34.7. The van der Waals surface area contributed by atoms with Crippen LogP contribution < -0.4 is 5.56 Å². The van der Waals surface area contributed by atoms with Gasteiger partial charge in [-0.25, -0.2) is 4.39 Å². The van der Waals surface area contributed by atoms with E-state index in [1.165, 1.54) is 12.3 Å². The van der Waals surface area contributed by atoms with E-state index in [1.807, 2.05) is 0 Å². The maximum Gasteiger partial charge on any atom is 0.261 e. The average molecular weight is 621 g/mol. The van der Waals surface area contributed by atoms with Gasteiger partial charge in [0.25, 0.3) is 11.4 Å². The van der Waals surface area contributed by atoms with Gasteiger partial charge < -0.3 is 18.0 Å². The second-order valence-electron chi connectivity index (χ2n) is 15.5. The third-order valence-corrected chi connectivity index (χ3v) is 23.1. The van der Waals surface area contributed by atoms with E-state index >= 15 is 4.39 Å². The number of rotatable bonds is 8. The zero-order valence-electron chi connectivity index (χ0n) is 26.9. The quantitative estimate of drug-likeness (QED) is 0.235. The van der Waals surface area contributed by atoms with Gasteiger partial charge in [0.1, 0.15) is 12.2 Å². The van der Waals surface area contributed by atoms with Gasteiger partial charge in [-0.05, 0) is 66.6 Å². The van der Waals surface area contributed by atoms with Crippen LogP contribution in [0.25, 0.3) is 0 Å². The molecule has 1 aliphatic heterocycles. The third-order valence-electron chi connectivity index (χ3n) is 9.35. The minimum Gasteiger partial charge on any atom is -0.411 e. The van der Waals surface area contributed by atoms with Crippen LogP contribution >= 0.6 is 12.2 Å². The number of aromatic nitrogens is 2. The summed E-state index contributed by atoms with van der Waals surface area (Å²) in [6, 6.07) is 1.36. The van der Waals surface area contributed by atoms with Gasteiger partial charge in [0, 0.05) is 12.3 Å². The molecular weight excluding hydrogens is 568 g/mol. The highest BCUT2D eigenvalue weighted by molar-refractivity contribution is 7.71. The standard InChI is InChI=1S/C27H53FN2O5SSi3/c1-24(2,3)37(10,11)32-18-27(28)21(35-39(14,15)26(7,8)9)20(34-38(12,13)25(4,5)6)22(33-27)30-17-16-19(31)29-23(30)36/h16-17,20-22H,18H2,1-15H3,(H,29,31,36)/t20-,21+,22-,27-/m1/s1. The van der Waals surface area contributed by atoms with Gasteiger partial charge in [-0.1, -0.05) is 62.3 Å². The zero-order chi connectivity index (χ0) is 30.6. The Morgan fingerprint density at radius 3 is 1.82 bits per heavy atom. The Balaban J connectivity index is 2.74. The van der Waals surface area contributed by atoms with Gasteiger partial charge in [-0.3, -0.25) is 14.3 Å². The lowest BCUT2D eigenvalue weighted by Crippen LogP contribution is -2.57. The first-order chi connectivity index (χ1) is 17.2. The molecule has 1 aliphatic rings. The molecule has 1 N–H and O–H groups in total. The number of halogens is 1. The smallest absolute Gasteiger partial charge is 0.261 e. The van der Waals surface area contributed by atoms with Crippen molar-refractivity contribution < 1.29 is 22.4 Å². The van der Waals surface area contributed by atoms with Crippen LogP contribution in [0, 0.1) is 4.77 Å². The maximum atomic E-state index is 17.5. The van der Waals surface area contributed by atoms with Gasteiger partial charge in [0.2, 0.25) is 0 Å². The lowest BCUT2D eigenvalue weighted by Gasteiger charge is -2.45. The third kappa shape index (κ3) is 7.49. The van der Waals surface area contributed by atoms with Crippen LogP contribution in [0.1, 0.15) is 68.5 Å². The molecule has 0 saturated carbocycles. The SMILES string of the molecule is CC(C)(C)[Si](C)(C)OC[C@@]1(F)O[C@@H](n2ccc(=O)[nH]c2=S)[C@H](O[Si](C)(C)C(C)(C)C)[C@@H]1O[Si](C)(C)C(C)(C)C. The number of hydrogen-bond acceptors (Lipinski definition) is 6. The summed E-state index contributed by atoms with van der Waals surface area (Å²) in [5.74, 6) is -2.30. The van der Waals surface area contributed by atoms with Crippen LogP contribution in [-0.2, 0) is 18.0 Å². The first-order valence-electron chi connectivity index (χ1n) is 13.8. The molecule has 0 aliphatic carbocycles. The fourth-order valence-corrected chi connectivity index (χ4v) is 7.30. The number of nitrogens with zero attached hydrogens (tertiary/aromatic N) is 1. The summed E-state index contributed by atoms with van der Waals surface area (Å²) in [7, 11) is -7.29. The second kappa shape index (κ2) is 11.0. The summed E-state index contributed by atoms with van der Waals surface area (Å²) < 4.78 is 45.7. The molecule has 0 radical (unpaired) electrons. The Hall–Kier alpha value is -0.479. The van der Waals surface area contributed by atoms with Crippen LogP contribution in [0.3, 0.4) is 0 Å². The van der Waals surface area contributed by atoms with Crippen molar-refractivity contribution in [3.05, 3.63) is 27.4 Å². The van der Waals surface area contributed by atoms with E-state index in [4.69, 9.17) is 30.2 Å². The number of H-pyrrole nitrogens is 1. The Bertz CT molecular complexity index is 1130. The summed E-state index contributed by atoms with van der Waals surface area (Å²) in [6.45, 7) is 31.5. The van der Waals surface area contributed by atoms with Crippen molar-refractivity contribution in [2.75, 3.05) is 6.61 Å². The number of aromatic amines is 1. The van der Waals surface area contributed by atoms with Gasteiger partial charge >= 0.3 is 0 Å². The lowest BCUT2D eigenvalue weighted by molar-refractivity contribution is -0.201. The molecule has 2 rings (SSSR count). The van der Waals surface area contributed by atoms with Crippen LogP contribution in [0.2, 0.25) is 54.4 Å². The maximum absolute atomic E-state index is 17.5. The minimum absolute atomic E-state index is 0.115. The monoisotopic (exact) mass is 620 g/mol. The Morgan fingerprint density at radius 1 is 0.923 bits per heavy atom.